The van der Waals surface area contributed by atoms with Crippen molar-refractivity contribution >= 4 is 16.1 Å². The summed E-state index contributed by atoms with van der Waals surface area (Å²) in [7, 11) is 12.9. The Hall–Kier alpha value is -0.0301. The second-order valence-electron chi connectivity index (χ2n) is 2.10. The first kappa shape index (κ1) is 18.7. The molecule has 0 aliphatic carbocycles. The molecule has 0 fully saturated rings. The molecule has 0 amide bonds. The third-order valence-corrected chi connectivity index (χ3v) is 1.25. The van der Waals surface area contributed by atoms with Crippen LogP contribution in [0.5, 0.6) is 0 Å². The van der Waals surface area contributed by atoms with Crippen LogP contribution in [0.1, 0.15) is 21.3 Å². The van der Waals surface area contributed by atoms with E-state index in [4.69, 9.17) is 16.1 Å². The predicted octanol–water partition coefficient (Wildman–Crippen LogP) is 0.542. The van der Waals surface area contributed by atoms with Crippen LogP contribution in [0.15, 0.2) is 0 Å². The number of hydroxylamine groups is 4. The number of hydrogen-bond acceptors (Lipinski definition) is 4. The van der Waals surface area contributed by atoms with Crippen molar-refractivity contribution in [2.75, 3.05) is 27.2 Å². The van der Waals surface area contributed by atoms with Crippen molar-refractivity contribution in [3.8, 4) is 0 Å². The molecule has 6 heteroatoms. The molecule has 0 saturated carbocycles. The van der Waals surface area contributed by atoms with Crippen LogP contribution >= 0.6 is 0 Å². The Bertz CT molecular complexity index is 70.9. The number of nitrogens with zero attached hydrogens (tertiary/aromatic N) is 2. The SMILES string of the molecule is C.[B]ON(C)CC.[B]ON(C)CC. The summed E-state index contributed by atoms with van der Waals surface area (Å²) in [4.78, 5) is 0. The van der Waals surface area contributed by atoms with Gasteiger partial charge in [-0.2, -0.15) is 0 Å². The fourth-order valence-electron chi connectivity index (χ4n) is 0.149. The minimum Gasteiger partial charge on any atom is -0.374 e. The Morgan fingerprint density at radius 3 is 1.15 bits per heavy atom. The summed E-state index contributed by atoms with van der Waals surface area (Å²) in [5, 5.41) is 3.06. The zero-order chi connectivity index (χ0) is 9.98. The highest BCUT2D eigenvalue weighted by Gasteiger charge is 1.82. The van der Waals surface area contributed by atoms with E-state index in [9.17, 15) is 0 Å². The maximum Gasteiger partial charge on any atom is 0.317 e. The highest BCUT2D eigenvalue weighted by molar-refractivity contribution is 5.97. The van der Waals surface area contributed by atoms with E-state index >= 15 is 0 Å². The summed E-state index contributed by atoms with van der Waals surface area (Å²) in [6, 6.07) is 0. The van der Waals surface area contributed by atoms with Gasteiger partial charge >= 0.3 is 16.1 Å². The summed E-state index contributed by atoms with van der Waals surface area (Å²) in [6.45, 7) is 5.53. The van der Waals surface area contributed by atoms with Gasteiger partial charge in [-0.05, 0) is 0 Å². The molecule has 0 bridgehead atoms. The van der Waals surface area contributed by atoms with Crippen molar-refractivity contribution in [1.29, 1.82) is 0 Å². The van der Waals surface area contributed by atoms with Crippen LogP contribution < -0.4 is 0 Å². The second kappa shape index (κ2) is 14.5. The molecule has 0 aliphatic heterocycles. The van der Waals surface area contributed by atoms with Crippen LogP contribution in [0.4, 0.5) is 0 Å². The normalized spacial score (nSPS) is 9.08. The zero-order valence-electron chi connectivity index (χ0n) is 8.28. The maximum atomic E-state index is 4.71. The Morgan fingerprint density at radius 1 is 0.923 bits per heavy atom. The number of rotatable bonds is 4. The molecule has 0 saturated heterocycles. The molecule has 0 aliphatic rings. The topological polar surface area (TPSA) is 24.9 Å². The molecule has 0 rings (SSSR count). The lowest BCUT2D eigenvalue weighted by Gasteiger charge is -2.08. The van der Waals surface area contributed by atoms with Crippen molar-refractivity contribution in [3.05, 3.63) is 0 Å². The van der Waals surface area contributed by atoms with E-state index in [1.54, 1.807) is 14.1 Å². The van der Waals surface area contributed by atoms with Crippen molar-refractivity contribution in [2.24, 2.45) is 0 Å². The first-order valence-electron chi connectivity index (χ1n) is 3.78. The van der Waals surface area contributed by atoms with E-state index in [1.807, 2.05) is 13.8 Å². The lowest BCUT2D eigenvalue weighted by atomic mass is 10.6. The van der Waals surface area contributed by atoms with Gasteiger partial charge in [0.15, 0.2) is 0 Å². The van der Waals surface area contributed by atoms with E-state index in [0.717, 1.165) is 13.1 Å². The molecular weight excluding hydrogens is 166 g/mol. The van der Waals surface area contributed by atoms with Crippen molar-refractivity contribution in [1.82, 2.24) is 10.1 Å². The average molecular weight is 186 g/mol. The predicted molar refractivity (Wildman–Crippen MR) is 57.0 cm³/mol. The summed E-state index contributed by atoms with van der Waals surface area (Å²) >= 11 is 0. The van der Waals surface area contributed by atoms with Crippen LogP contribution in [-0.4, -0.2) is 53.4 Å². The smallest absolute Gasteiger partial charge is 0.317 e. The van der Waals surface area contributed by atoms with Gasteiger partial charge in [-0.15, -0.1) is 0 Å². The molecule has 13 heavy (non-hydrogen) atoms. The molecule has 0 spiro atoms. The van der Waals surface area contributed by atoms with Crippen LogP contribution in [0.3, 0.4) is 0 Å². The van der Waals surface area contributed by atoms with Crippen LogP contribution in [-0.2, 0) is 9.51 Å². The van der Waals surface area contributed by atoms with E-state index < -0.39 is 0 Å². The average Bonchev–Trinajstić information content (AvgIpc) is 2.16. The summed E-state index contributed by atoms with van der Waals surface area (Å²) < 4.78 is 8.47. The summed E-state index contributed by atoms with van der Waals surface area (Å²) in [6.07, 6.45) is 0. The molecule has 0 unspecified atom stereocenters. The van der Waals surface area contributed by atoms with Crippen LogP contribution in [0.25, 0.3) is 0 Å². The van der Waals surface area contributed by atoms with Gasteiger partial charge in [0.2, 0.25) is 0 Å². The Kier molecular flexibility index (Phi) is 20.8. The van der Waals surface area contributed by atoms with Gasteiger partial charge in [-0.3, -0.25) is 0 Å². The fraction of sp³-hybridized carbons (Fsp3) is 1.00. The number of hydrogen-bond donors (Lipinski definition) is 0. The Labute approximate surface area is 85.0 Å². The van der Waals surface area contributed by atoms with E-state index in [-0.39, 0.29) is 7.43 Å². The van der Waals surface area contributed by atoms with Crippen LogP contribution in [0, 0.1) is 0 Å². The molecule has 4 nitrogen and oxygen atoms in total. The van der Waals surface area contributed by atoms with Gasteiger partial charge in [-0.25, -0.2) is 10.1 Å². The largest absolute Gasteiger partial charge is 0.374 e. The minimum absolute atomic E-state index is 0. The Morgan fingerprint density at radius 2 is 1.15 bits per heavy atom. The highest BCUT2D eigenvalue weighted by atomic mass is 16.6. The van der Waals surface area contributed by atoms with Gasteiger partial charge in [0.25, 0.3) is 0 Å². The second-order valence-corrected chi connectivity index (χ2v) is 2.10. The lowest BCUT2D eigenvalue weighted by Crippen LogP contribution is -2.15. The third-order valence-electron chi connectivity index (χ3n) is 1.25. The summed E-state index contributed by atoms with van der Waals surface area (Å²) in [5.74, 6) is 0. The molecule has 76 valence electrons. The molecule has 0 heterocycles. The standard InChI is InChI=1S/2C3H8BNO.CH4/c2*1-3-5(2)6-4;/h2*3H2,1-2H3;1H4. The van der Waals surface area contributed by atoms with E-state index in [0.29, 0.717) is 0 Å². The lowest BCUT2D eigenvalue weighted by molar-refractivity contribution is -0.0176. The van der Waals surface area contributed by atoms with E-state index in [2.05, 4.69) is 9.51 Å². The van der Waals surface area contributed by atoms with Gasteiger partial charge < -0.3 is 9.51 Å². The van der Waals surface area contributed by atoms with Crippen molar-refractivity contribution in [2.45, 2.75) is 21.3 Å². The molecule has 0 aromatic carbocycles. The third kappa shape index (κ3) is 18.7. The minimum atomic E-state index is 0. The van der Waals surface area contributed by atoms with Crippen molar-refractivity contribution < 1.29 is 9.51 Å². The first-order valence-corrected chi connectivity index (χ1v) is 3.78. The molecular formula is C7H20B2N2O2. The highest BCUT2D eigenvalue weighted by Crippen LogP contribution is 1.73. The zero-order valence-corrected chi connectivity index (χ0v) is 8.28. The van der Waals surface area contributed by atoms with Gasteiger partial charge in [0.1, 0.15) is 0 Å². The summed E-state index contributed by atoms with van der Waals surface area (Å²) in [5.41, 5.74) is 0. The molecule has 4 radical (unpaired) electrons. The van der Waals surface area contributed by atoms with Crippen LogP contribution in [0.2, 0.25) is 0 Å². The molecule has 0 aromatic heterocycles. The Balaban J connectivity index is -0.000000143. The molecule has 0 N–H and O–H groups in total. The van der Waals surface area contributed by atoms with Crippen molar-refractivity contribution in [3.63, 3.8) is 0 Å². The monoisotopic (exact) mass is 186 g/mol. The maximum absolute atomic E-state index is 4.71. The van der Waals surface area contributed by atoms with E-state index in [1.165, 1.54) is 10.1 Å². The fourth-order valence-corrected chi connectivity index (χ4v) is 0.149. The first-order chi connectivity index (χ1) is 5.62. The molecule has 0 aromatic rings. The molecule has 0 atom stereocenters. The quantitative estimate of drug-likeness (QED) is 0.472. The van der Waals surface area contributed by atoms with Gasteiger partial charge in [-0.1, -0.05) is 21.3 Å². The van der Waals surface area contributed by atoms with Gasteiger partial charge in [0, 0.05) is 27.2 Å². The van der Waals surface area contributed by atoms with Gasteiger partial charge in [0.05, 0.1) is 0 Å².